The lowest BCUT2D eigenvalue weighted by Crippen LogP contribution is -2.29. The maximum absolute atomic E-state index is 12.3. The lowest BCUT2D eigenvalue weighted by molar-refractivity contribution is -0.120. The average molecular weight is 1390 g/mol. The van der Waals surface area contributed by atoms with Gasteiger partial charge >= 0.3 is 46.9 Å². The van der Waals surface area contributed by atoms with Crippen LogP contribution in [0, 0.1) is 0 Å². The molecule has 8 N–H and O–H groups in total. The van der Waals surface area contributed by atoms with E-state index in [9.17, 15) is 56.6 Å². The number of hydrogen-bond donors (Lipinski definition) is 8. The topological polar surface area (TPSA) is 428 Å². The van der Waals surface area contributed by atoms with Crippen LogP contribution in [0.2, 0.25) is 0 Å². The molecule has 2 aliphatic rings. The van der Waals surface area contributed by atoms with E-state index in [1.165, 1.54) is 21.6 Å². The third-order valence-corrected chi connectivity index (χ3v) is 24.1. The lowest BCUT2D eigenvalue weighted by Gasteiger charge is -2.24. The number of ether oxygens (including phenoxy) is 8. The number of unbranched alkanes of at least 4 members (excludes halogenated alkanes) is 1. The van der Waals surface area contributed by atoms with Crippen molar-refractivity contribution >= 4 is 102 Å². The highest BCUT2D eigenvalue weighted by Crippen LogP contribution is 2.67. The van der Waals surface area contributed by atoms with Crippen molar-refractivity contribution in [2.75, 3.05) is 77.9 Å². The molecule has 490 valence electrons. The van der Waals surface area contributed by atoms with Crippen LogP contribution >= 0.6 is 90.1 Å². The van der Waals surface area contributed by atoms with E-state index in [1.807, 2.05) is 34.6 Å². The fourth-order valence-electron chi connectivity index (χ4n) is 6.70. The largest absolute Gasteiger partial charge is 0.490 e. The molecular weight excluding hydrogens is 1300 g/mol. The third-order valence-electron chi connectivity index (χ3n) is 10.4. The summed E-state index contributed by atoms with van der Waals surface area (Å²) in [5.41, 5.74) is 0. The van der Waals surface area contributed by atoms with E-state index in [-0.39, 0.29) is 52.6 Å². The molecule has 2 rings (SSSR count). The molecule has 0 radical (unpaired) electrons. The van der Waals surface area contributed by atoms with Crippen LogP contribution < -0.4 is 0 Å². The van der Waals surface area contributed by atoms with Gasteiger partial charge in [-0.1, -0.05) is 70.9 Å². The molecule has 2 saturated heterocycles. The highest BCUT2D eigenvalue weighted by molar-refractivity contribution is 8.77. The molecule has 40 heteroatoms. The smallest absolute Gasteiger partial charge is 0.379 e. The molecule has 0 aromatic carbocycles. The number of Topliss-reactive ketones (excluding diaryl/α,β-unsaturated/α-hetero) is 2. The number of carbonyl (C=O) groups excluding carboxylic acids is 2. The van der Waals surface area contributed by atoms with Crippen molar-refractivity contribution in [1.82, 2.24) is 0 Å². The number of phosphoric ester groups is 2. The minimum atomic E-state index is -5.61. The zero-order chi connectivity index (χ0) is 61.6. The zero-order valence-corrected chi connectivity index (χ0v) is 55.2. The van der Waals surface area contributed by atoms with Gasteiger partial charge in [-0.25, -0.2) is 27.4 Å². The van der Waals surface area contributed by atoms with Crippen molar-refractivity contribution in [1.29, 1.82) is 0 Å². The maximum atomic E-state index is 12.3. The van der Waals surface area contributed by atoms with Crippen LogP contribution in [-0.4, -0.2) is 175 Å². The molecule has 0 aromatic heterocycles. The Morgan fingerprint density at radius 3 is 1.21 bits per heavy atom. The van der Waals surface area contributed by atoms with Crippen LogP contribution in [0.25, 0.3) is 0 Å². The van der Waals surface area contributed by atoms with Gasteiger partial charge < -0.3 is 77.0 Å². The predicted octanol–water partition coefficient (Wildman–Crippen LogP) is 9.41. The molecule has 0 spiro atoms. The molecule has 0 saturated carbocycles. The number of ketones is 2. The molecule has 6 unspecified atom stereocenters. The van der Waals surface area contributed by atoms with Crippen LogP contribution in [0.3, 0.4) is 0 Å². The van der Waals surface area contributed by atoms with Crippen LogP contribution in [0.15, 0.2) is 0 Å². The van der Waals surface area contributed by atoms with Gasteiger partial charge in [-0.05, 0) is 67.2 Å². The standard InChI is InChI=1S/C24H49O17P3S2.C17H35O13P3S2.CH4/c1-5-9-33-11-13-35-15-16-36-14-12-34-10-7-21(25)6-8-24(3,4)46-45-19-37-22-17-20(2)39-23(22)18-38-43(29,30)41-44(31,32)40-42(26,27)28;1-5-6-7-14(18)8-9-17(3,4)35-34-12-26-15-10-13(2)28-16(15)11-27-32(22,23)30-33(24,25)29-31(19,20)21;/h20,22-23H,5-19H2,1-4H3,(H,29,30)(H,31,32)(H2,26,27,28);13,15-16H,5-12H2,1-4H3,(H,22,23)(H,24,25)(H2,19,20,21);1H4/t20-,22?,23+;13-,15?,16+;/m00./s1. The van der Waals surface area contributed by atoms with Crippen molar-refractivity contribution in [2.45, 2.75) is 180 Å². The minimum absolute atomic E-state index is 0. The van der Waals surface area contributed by atoms with Gasteiger partial charge in [-0.15, -0.1) is 0 Å². The quantitative estimate of drug-likeness (QED) is 0.0122. The first-order valence-corrected chi connectivity index (χ1v) is 39.1. The van der Waals surface area contributed by atoms with Gasteiger partial charge in [0.25, 0.3) is 0 Å². The van der Waals surface area contributed by atoms with Gasteiger partial charge in [0.2, 0.25) is 0 Å². The van der Waals surface area contributed by atoms with Gasteiger partial charge in [0.05, 0.1) is 83.9 Å². The second-order valence-electron chi connectivity index (χ2n) is 19.2. The molecule has 30 nitrogen and oxygen atoms in total. The van der Waals surface area contributed by atoms with Gasteiger partial charge in [0.1, 0.15) is 35.7 Å². The summed E-state index contributed by atoms with van der Waals surface area (Å²) in [5.74, 6) is 0.858. The summed E-state index contributed by atoms with van der Waals surface area (Å²) < 4.78 is 137. The van der Waals surface area contributed by atoms with Crippen molar-refractivity contribution in [3.63, 3.8) is 0 Å². The Hall–Kier alpha value is 1.24. The Morgan fingerprint density at radius 2 is 0.854 bits per heavy atom. The monoisotopic (exact) mass is 1390 g/mol. The van der Waals surface area contributed by atoms with Gasteiger partial charge in [0, 0.05) is 54.6 Å². The molecule has 2 fully saturated rings. The van der Waals surface area contributed by atoms with Crippen LogP contribution in [-0.2, 0) is 101 Å². The summed E-state index contributed by atoms with van der Waals surface area (Å²) >= 11 is 0. The van der Waals surface area contributed by atoms with E-state index < -0.39 is 84.6 Å². The van der Waals surface area contributed by atoms with Gasteiger partial charge in [0.15, 0.2) is 0 Å². The second kappa shape index (κ2) is 41.6. The molecule has 0 aromatic rings. The van der Waals surface area contributed by atoms with Crippen LogP contribution in [0.5, 0.6) is 0 Å². The Bertz CT molecular complexity index is 2110. The summed E-state index contributed by atoms with van der Waals surface area (Å²) in [4.78, 5) is 96.4. The van der Waals surface area contributed by atoms with Gasteiger partial charge in [-0.3, -0.25) is 18.6 Å². The van der Waals surface area contributed by atoms with Gasteiger partial charge in [-0.2, -0.15) is 17.2 Å². The summed E-state index contributed by atoms with van der Waals surface area (Å²) in [5, 5.41) is 0. The number of rotatable bonds is 47. The van der Waals surface area contributed by atoms with Crippen molar-refractivity contribution in [3.8, 4) is 0 Å². The van der Waals surface area contributed by atoms with Crippen LogP contribution in [0.4, 0.5) is 0 Å². The molecule has 0 bridgehead atoms. The Kier molecular flexibility index (Phi) is 42.2. The Balaban J connectivity index is 0.00000164. The summed E-state index contributed by atoms with van der Waals surface area (Å²) in [6.07, 6.45) is 3.78. The lowest BCUT2D eigenvalue weighted by atomic mass is 10.0. The number of carbonyl (C=O) groups is 2. The third kappa shape index (κ3) is 44.6. The molecule has 82 heavy (non-hydrogen) atoms. The first-order valence-electron chi connectivity index (χ1n) is 25.4. The molecule has 0 aliphatic carbocycles. The molecular formula is C42H88O30P6S4. The molecule has 2 heterocycles. The minimum Gasteiger partial charge on any atom is -0.379 e. The first kappa shape index (κ1) is 83.2. The maximum Gasteiger partial charge on any atom is 0.490 e. The van der Waals surface area contributed by atoms with E-state index in [4.69, 9.17) is 57.5 Å². The predicted molar refractivity (Wildman–Crippen MR) is 308 cm³/mol. The highest BCUT2D eigenvalue weighted by Gasteiger charge is 2.44. The summed E-state index contributed by atoms with van der Waals surface area (Å²) in [6.45, 7) is 18.6. The highest BCUT2D eigenvalue weighted by atomic mass is 33.1. The Morgan fingerprint density at radius 1 is 0.500 bits per heavy atom. The molecule has 2 aliphatic heterocycles. The normalized spacial score (nSPS) is 22.7. The van der Waals surface area contributed by atoms with Crippen molar-refractivity contribution < 1.29 is 140 Å². The summed E-state index contributed by atoms with van der Waals surface area (Å²) in [6, 6.07) is 0. The SMILES string of the molecule is C.CCCCC(=O)CCC(C)(C)SSCOC1C[C@H](C)O[C@@H]1COP(=O)(O)OP(=O)(O)OP(=O)(O)O.CCCOCCOCCOCCOCCC(=O)CCC(C)(C)SSCOC1C[C@H](C)O[C@@H]1COP(=O)(O)OP(=O)(O)OP(=O)(O)O. The van der Waals surface area contributed by atoms with E-state index >= 15 is 0 Å². The number of hydrogen-bond acceptors (Lipinski definition) is 26. The average Bonchev–Trinajstić information content (AvgIpc) is 3.87. The Labute approximate surface area is 497 Å². The van der Waals surface area contributed by atoms with E-state index in [2.05, 4.69) is 33.2 Å². The van der Waals surface area contributed by atoms with E-state index in [0.29, 0.717) is 91.2 Å². The fraction of sp³-hybridized carbons (Fsp3) is 0.952. The number of phosphoric acid groups is 6. The van der Waals surface area contributed by atoms with E-state index in [1.54, 1.807) is 35.4 Å². The zero-order valence-electron chi connectivity index (χ0n) is 46.6. The second-order valence-corrected chi connectivity index (χ2v) is 33.9. The molecule has 10 atom stereocenters. The van der Waals surface area contributed by atoms with Crippen LogP contribution in [0.1, 0.15) is 133 Å². The van der Waals surface area contributed by atoms with E-state index in [0.717, 1.165) is 32.3 Å². The first-order chi connectivity index (χ1) is 37.4. The fourth-order valence-corrected chi connectivity index (χ4v) is 17.4. The molecule has 0 amide bonds. The van der Waals surface area contributed by atoms with Crippen molar-refractivity contribution in [2.24, 2.45) is 0 Å². The summed E-state index contributed by atoms with van der Waals surface area (Å²) in [7, 11) is -26.6. The van der Waals surface area contributed by atoms with Crippen molar-refractivity contribution in [3.05, 3.63) is 0 Å².